The predicted molar refractivity (Wildman–Crippen MR) is 67.3 cm³/mol. The van der Waals surface area contributed by atoms with Crippen molar-refractivity contribution in [1.82, 2.24) is 0 Å². The molecule has 0 aromatic heterocycles. The molecule has 0 saturated heterocycles. The number of hydrogen-bond acceptors (Lipinski definition) is 3. The van der Waals surface area contributed by atoms with Gasteiger partial charge >= 0.3 is 0 Å². The number of carbonyl (C=O) groups excluding carboxylic acids is 2. The number of ketones is 2. The van der Waals surface area contributed by atoms with E-state index in [-0.39, 0.29) is 22.9 Å². The summed E-state index contributed by atoms with van der Waals surface area (Å²) in [4.78, 5) is 23.7. The van der Waals surface area contributed by atoms with E-state index in [2.05, 4.69) is 15.9 Å². The molecule has 96 valence electrons. The fraction of sp³-hybridized carbons (Fsp3) is 0.385. The van der Waals surface area contributed by atoms with E-state index < -0.39 is 11.7 Å². The Hall–Kier alpha value is -1.23. The fourth-order valence-electron chi connectivity index (χ4n) is 2.24. The molecular formula is C13H12BrFO3. The molecule has 0 N–H and O–H groups in total. The molecule has 1 aromatic carbocycles. The molecule has 5 heteroatoms. The molecular weight excluding hydrogens is 303 g/mol. The maximum absolute atomic E-state index is 14.0. The Bertz CT molecular complexity index is 497. The van der Waals surface area contributed by atoms with Gasteiger partial charge in [0.25, 0.3) is 0 Å². The highest BCUT2D eigenvalue weighted by molar-refractivity contribution is 9.10. The Balaban J connectivity index is 2.55. The summed E-state index contributed by atoms with van der Waals surface area (Å²) in [6.07, 6.45) is 1.18. The van der Waals surface area contributed by atoms with Gasteiger partial charge in [-0.2, -0.15) is 0 Å². The monoisotopic (exact) mass is 314 g/mol. The van der Waals surface area contributed by atoms with Gasteiger partial charge in [0.2, 0.25) is 0 Å². The number of benzene rings is 1. The van der Waals surface area contributed by atoms with Crippen molar-refractivity contribution in [3.05, 3.63) is 28.0 Å². The van der Waals surface area contributed by atoms with Gasteiger partial charge in [-0.1, -0.05) is 15.9 Å². The van der Waals surface area contributed by atoms with Crippen LogP contribution in [0.2, 0.25) is 0 Å². The van der Waals surface area contributed by atoms with Crippen molar-refractivity contribution in [2.45, 2.75) is 25.2 Å². The standard InChI is InChI=1S/C13H12BrFO3/c1-18-11-6-7(14)5-8(15)12(11)13-9(16)3-2-4-10(13)17/h5-6,13H,2-4H2,1H3. The Labute approximate surface area is 112 Å². The fourth-order valence-corrected chi connectivity index (χ4v) is 2.65. The van der Waals surface area contributed by atoms with Crippen LogP contribution in [0.3, 0.4) is 0 Å². The van der Waals surface area contributed by atoms with E-state index in [0.717, 1.165) is 0 Å². The largest absolute Gasteiger partial charge is 0.496 e. The Morgan fingerprint density at radius 1 is 1.28 bits per heavy atom. The minimum absolute atomic E-state index is 0.0652. The molecule has 1 aromatic rings. The Morgan fingerprint density at radius 3 is 2.44 bits per heavy atom. The summed E-state index contributed by atoms with van der Waals surface area (Å²) in [6, 6.07) is 2.81. The first-order chi connectivity index (χ1) is 8.54. The summed E-state index contributed by atoms with van der Waals surface area (Å²) >= 11 is 3.15. The molecule has 0 aliphatic heterocycles. The first kappa shape index (κ1) is 13.2. The summed E-state index contributed by atoms with van der Waals surface area (Å²) in [5.41, 5.74) is 0.0652. The van der Waals surface area contributed by atoms with Gasteiger partial charge in [-0.25, -0.2) is 4.39 Å². The van der Waals surface area contributed by atoms with Gasteiger partial charge in [0.1, 0.15) is 29.1 Å². The van der Waals surface area contributed by atoms with Crippen molar-refractivity contribution in [3.8, 4) is 5.75 Å². The van der Waals surface area contributed by atoms with E-state index in [9.17, 15) is 14.0 Å². The molecule has 0 amide bonds. The van der Waals surface area contributed by atoms with Crippen LogP contribution in [-0.2, 0) is 9.59 Å². The van der Waals surface area contributed by atoms with Gasteiger partial charge in [0, 0.05) is 22.9 Å². The van der Waals surface area contributed by atoms with E-state index in [4.69, 9.17) is 4.74 Å². The Kier molecular flexibility index (Phi) is 3.80. The van der Waals surface area contributed by atoms with Crippen LogP contribution in [0.5, 0.6) is 5.75 Å². The zero-order valence-electron chi connectivity index (χ0n) is 9.83. The minimum Gasteiger partial charge on any atom is -0.496 e. The minimum atomic E-state index is -1.01. The van der Waals surface area contributed by atoms with Crippen LogP contribution in [0.4, 0.5) is 4.39 Å². The number of ether oxygens (including phenoxy) is 1. The van der Waals surface area contributed by atoms with E-state index in [1.54, 1.807) is 6.07 Å². The molecule has 18 heavy (non-hydrogen) atoms. The molecule has 0 atom stereocenters. The van der Waals surface area contributed by atoms with Crippen LogP contribution in [0.1, 0.15) is 30.7 Å². The summed E-state index contributed by atoms with van der Waals surface area (Å²) in [5.74, 6) is -1.83. The molecule has 0 heterocycles. The average Bonchev–Trinajstić information content (AvgIpc) is 2.30. The third-order valence-electron chi connectivity index (χ3n) is 3.06. The van der Waals surface area contributed by atoms with Crippen LogP contribution < -0.4 is 4.74 Å². The summed E-state index contributed by atoms with van der Waals surface area (Å²) < 4.78 is 19.6. The van der Waals surface area contributed by atoms with Crippen LogP contribution in [-0.4, -0.2) is 18.7 Å². The first-order valence-corrected chi connectivity index (χ1v) is 6.42. The van der Waals surface area contributed by atoms with Gasteiger partial charge < -0.3 is 4.74 Å². The lowest BCUT2D eigenvalue weighted by Gasteiger charge is -2.22. The lowest BCUT2D eigenvalue weighted by atomic mass is 9.81. The zero-order chi connectivity index (χ0) is 13.3. The second-order valence-corrected chi connectivity index (χ2v) is 5.14. The van der Waals surface area contributed by atoms with E-state index in [0.29, 0.717) is 23.7 Å². The van der Waals surface area contributed by atoms with Gasteiger partial charge in [0.05, 0.1) is 7.11 Å². The summed E-state index contributed by atoms with van der Waals surface area (Å²) in [7, 11) is 1.39. The normalized spacial score (nSPS) is 17.1. The number of hydrogen-bond donors (Lipinski definition) is 0. The number of methoxy groups -OCH3 is 1. The second kappa shape index (κ2) is 5.18. The van der Waals surface area contributed by atoms with Gasteiger partial charge in [-0.3, -0.25) is 9.59 Å². The number of halogens is 2. The maximum Gasteiger partial charge on any atom is 0.148 e. The van der Waals surface area contributed by atoms with Crippen LogP contribution >= 0.6 is 15.9 Å². The predicted octanol–water partition coefficient (Wildman–Crippen LogP) is 3.00. The quantitative estimate of drug-likeness (QED) is 0.788. The molecule has 3 nitrogen and oxygen atoms in total. The summed E-state index contributed by atoms with van der Waals surface area (Å²) in [5, 5.41) is 0. The van der Waals surface area contributed by atoms with E-state index in [1.165, 1.54) is 13.2 Å². The topological polar surface area (TPSA) is 43.4 Å². The van der Waals surface area contributed by atoms with Crippen molar-refractivity contribution in [2.75, 3.05) is 7.11 Å². The zero-order valence-corrected chi connectivity index (χ0v) is 11.4. The molecule has 0 radical (unpaired) electrons. The number of Topliss-reactive ketones (excluding diaryl/α,β-unsaturated/α-hetero) is 2. The maximum atomic E-state index is 14.0. The molecule has 2 rings (SSSR count). The second-order valence-electron chi connectivity index (χ2n) is 4.22. The first-order valence-electron chi connectivity index (χ1n) is 5.63. The third-order valence-corrected chi connectivity index (χ3v) is 3.51. The average molecular weight is 315 g/mol. The van der Waals surface area contributed by atoms with Gasteiger partial charge in [0.15, 0.2) is 0 Å². The molecule has 0 spiro atoms. The van der Waals surface area contributed by atoms with Crippen LogP contribution in [0, 0.1) is 5.82 Å². The molecule has 1 aliphatic carbocycles. The summed E-state index contributed by atoms with van der Waals surface area (Å²) in [6.45, 7) is 0. The highest BCUT2D eigenvalue weighted by atomic mass is 79.9. The highest BCUT2D eigenvalue weighted by Crippen LogP contribution is 2.37. The van der Waals surface area contributed by atoms with Crippen molar-refractivity contribution in [3.63, 3.8) is 0 Å². The molecule has 1 saturated carbocycles. The highest BCUT2D eigenvalue weighted by Gasteiger charge is 2.35. The van der Waals surface area contributed by atoms with Crippen LogP contribution in [0.25, 0.3) is 0 Å². The van der Waals surface area contributed by atoms with Crippen LogP contribution in [0.15, 0.2) is 16.6 Å². The van der Waals surface area contributed by atoms with Crippen molar-refractivity contribution in [1.29, 1.82) is 0 Å². The van der Waals surface area contributed by atoms with Gasteiger partial charge in [-0.05, 0) is 18.6 Å². The molecule has 0 unspecified atom stereocenters. The van der Waals surface area contributed by atoms with Gasteiger partial charge in [-0.15, -0.1) is 0 Å². The van der Waals surface area contributed by atoms with Crippen molar-refractivity contribution in [2.24, 2.45) is 0 Å². The third kappa shape index (κ3) is 2.32. The molecule has 1 fully saturated rings. The van der Waals surface area contributed by atoms with Crippen molar-refractivity contribution < 1.29 is 18.7 Å². The van der Waals surface area contributed by atoms with Crippen molar-refractivity contribution >= 4 is 27.5 Å². The molecule has 1 aliphatic rings. The lowest BCUT2D eigenvalue weighted by molar-refractivity contribution is -0.131. The number of carbonyl (C=O) groups is 2. The smallest absolute Gasteiger partial charge is 0.148 e. The lowest BCUT2D eigenvalue weighted by Crippen LogP contribution is -2.27. The molecule has 0 bridgehead atoms. The van der Waals surface area contributed by atoms with E-state index >= 15 is 0 Å². The van der Waals surface area contributed by atoms with E-state index in [1.807, 2.05) is 0 Å². The Morgan fingerprint density at radius 2 is 1.89 bits per heavy atom. The SMILES string of the molecule is COc1cc(Br)cc(F)c1C1C(=O)CCCC1=O. The number of rotatable bonds is 2.